The molecule has 2 rings (SSSR count). The van der Waals surface area contributed by atoms with Crippen LogP contribution in [0.15, 0.2) is 47.1 Å². The van der Waals surface area contributed by atoms with E-state index in [1.54, 1.807) is 29.4 Å². The van der Waals surface area contributed by atoms with E-state index < -0.39 is 0 Å². The minimum Gasteiger partial charge on any atom is -0.467 e. The third-order valence-electron chi connectivity index (χ3n) is 3.41. The number of rotatable bonds is 7. The largest absolute Gasteiger partial charge is 0.467 e. The quantitative estimate of drug-likeness (QED) is 0.846. The van der Waals surface area contributed by atoms with E-state index in [4.69, 9.17) is 16.0 Å². The highest BCUT2D eigenvalue weighted by Crippen LogP contribution is 2.17. The van der Waals surface area contributed by atoms with Crippen LogP contribution in [0.5, 0.6) is 0 Å². The molecule has 0 radical (unpaired) electrons. The predicted octanol–water partition coefficient (Wildman–Crippen LogP) is 2.99. The molecule has 0 aliphatic heterocycles. The molecule has 0 unspecified atom stereocenters. The first-order chi connectivity index (χ1) is 11.1. The summed E-state index contributed by atoms with van der Waals surface area (Å²) >= 11 is 6.11. The summed E-state index contributed by atoms with van der Waals surface area (Å²) in [6, 6.07) is 10.9. The number of furan rings is 1. The number of carbonyl (C=O) groups is 2. The fourth-order valence-corrected chi connectivity index (χ4v) is 2.30. The molecular formula is C17H19ClN2O3. The number of nitrogens with zero attached hydrogens (tertiary/aromatic N) is 1. The van der Waals surface area contributed by atoms with Crippen molar-refractivity contribution in [2.75, 3.05) is 6.54 Å². The molecule has 122 valence electrons. The lowest BCUT2D eigenvalue weighted by atomic mass is 10.2. The summed E-state index contributed by atoms with van der Waals surface area (Å²) in [5.41, 5.74) is 0.861. The number of hydrogen-bond donors (Lipinski definition) is 1. The van der Waals surface area contributed by atoms with Crippen molar-refractivity contribution in [3.8, 4) is 0 Å². The Kier molecular flexibility index (Phi) is 6.23. The van der Waals surface area contributed by atoms with Crippen LogP contribution in [-0.4, -0.2) is 23.3 Å². The van der Waals surface area contributed by atoms with E-state index in [1.807, 2.05) is 18.2 Å². The van der Waals surface area contributed by atoms with Crippen LogP contribution in [0.25, 0.3) is 0 Å². The van der Waals surface area contributed by atoms with Crippen molar-refractivity contribution in [1.82, 2.24) is 10.2 Å². The summed E-state index contributed by atoms with van der Waals surface area (Å²) in [4.78, 5) is 25.2. The maximum absolute atomic E-state index is 11.9. The average molecular weight is 335 g/mol. The van der Waals surface area contributed by atoms with E-state index in [0.717, 1.165) is 5.56 Å². The van der Waals surface area contributed by atoms with Crippen LogP contribution in [-0.2, 0) is 22.7 Å². The molecule has 0 aliphatic carbocycles. The van der Waals surface area contributed by atoms with Crippen molar-refractivity contribution >= 4 is 23.4 Å². The molecule has 0 atom stereocenters. The lowest BCUT2D eigenvalue weighted by Crippen LogP contribution is -2.33. The lowest BCUT2D eigenvalue weighted by Gasteiger charge is -2.21. The second-order valence-electron chi connectivity index (χ2n) is 5.14. The van der Waals surface area contributed by atoms with Gasteiger partial charge in [-0.25, -0.2) is 0 Å². The van der Waals surface area contributed by atoms with Gasteiger partial charge in [-0.3, -0.25) is 9.59 Å². The van der Waals surface area contributed by atoms with Gasteiger partial charge in [-0.1, -0.05) is 29.8 Å². The highest BCUT2D eigenvalue weighted by Gasteiger charge is 2.13. The van der Waals surface area contributed by atoms with Crippen molar-refractivity contribution < 1.29 is 14.0 Å². The van der Waals surface area contributed by atoms with E-state index in [-0.39, 0.29) is 18.2 Å². The number of amides is 2. The van der Waals surface area contributed by atoms with Crippen molar-refractivity contribution in [2.45, 2.75) is 26.4 Å². The zero-order valence-electron chi connectivity index (χ0n) is 12.9. The van der Waals surface area contributed by atoms with Gasteiger partial charge < -0.3 is 14.6 Å². The molecule has 0 bridgehead atoms. The fraction of sp³-hybridized carbons (Fsp3) is 0.294. The molecule has 0 aliphatic rings. The van der Waals surface area contributed by atoms with E-state index in [9.17, 15) is 9.59 Å². The van der Waals surface area contributed by atoms with Crippen molar-refractivity contribution in [3.05, 3.63) is 59.0 Å². The molecule has 6 heteroatoms. The average Bonchev–Trinajstić information content (AvgIpc) is 3.04. The van der Waals surface area contributed by atoms with Gasteiger partial charge in [0.25, 0.3) is 0 Å². The first-order valence-corrected chi connectivity index (χ1v) is 7.72. The van der Waals surface area contributed by atoms with E-state index >= 15 is 0 Å². The summed E-state index contributed by atoms with van der Waals surface area (Å²) in [5.74, 6) is 0.466. The third-order valence-corrected chi connectivity index (χ3v) is 3.78. The summed E-state index contributed by atoms with van der Waals surface area (Å²) in [6.45, 7) is 2.55. The molecule has 1 heterocycles. The molecule has 23 heavy (non-hydrogen) atoms. The van der Waals surface area contributed by atoms with Gasteiger partial charge in [0.05, 0.1) is 12.8 Å². The predicted molar refractivity (Wildman–Crippen MR) is 87.7 cm³/mol. The van der Waals surface area contributed by atoms with Crippen molar-refractivity contribution in [2.24, 2.45) is 0 Å². The molecule has 5 nitrogen and oxygen atoms in total. The fourth-order valence-electron chi connectivity index (χ4n) is 2.10. The van der Waals surface area contributed by atoms with E-state index in [0.29, 0.717) is 30.4 Å². The molecule has 1 aromatic carbocycles. The minimum absolute atomic E-state index is 0.0937. The molecule has 1 aromatic heterocycles. The molecule has 2 aromatic rings. The number of benzene rings is 1. The first kappa shape index (κ1) is 17.1. The molecule has 0 saturated heterocycles. The first-order valence-electron chi connectivity index (χ1n) is 7.34. The standard InChI is InChI=1S/C17H19ClN2O3/c1-13(21)20(12-14-5-2-3-7-16(14)18)9-8-17(22)19-11-15-6-4-10-23-15/h2-7,10H,8-9,11-12H2,1H3,(H,19,22). The number of nitrogens with one attached hydrogen (secondary N) is 1. The second kappa shape index (κ2) is 8.39. The molecule has 0 spiro atoms. The monoisotopic (exact) mass is 334 g/mol. The summed E-state index contributed by atoms with van der Waals surface area (Å²) < 4.78 is 5.15. The van der Waals surface area contributed by atoms with E-state index in [1.165, 1.54) is 6.92 Å². The Balaban J connectivity index is 1.83. The summed E-state index contributed by atoms with van der Waals surface area (Å²) in [5, 5.41) is 3.37. The Morgan fingerprint density at radius 1 is 1.22 bits per heavy atom. The summed E-state index contributed by atoms with van der Waals surface area (Å²) in [7, 11) is 0. The van der Waals surface area contributed by atoms with Crippen LogP contribution in [0.4, 0.5) is 0 Å². The SMILES string of the molecule is CC(=O)N(CCC(=O)NCc1ccco1)Cc1ccccc1Cl. The van der Waals surface area contributed by atoms with Gasteiger partial charge in [-0.05, 0) is 23.8 Å². The van der Waals surface area contributed by atoms with Crippen LogP contribution in [0.1, 0.15) is 24.7 Å². The topological polar surface area (TPSA) is 62.6 Å². The maximum atomic E-state index is 11.9. The zero-order valence-corrected chi connectivity index (χ0v) is 13.7. The number of halogens is 1. The second-order valence-corrected chi connectivity index (χ2v) is 5.55. The maximum Gasteiger partial charge on any atom is 0.222 e. The highest BCUT2D eigenvalue weighted by atomic mass is 35.5. The number of carbonyl (C=O) groups excluding carboxylic acids is 2. The lowest BCUT2D eigenvalue weighted by molar-refractivity contribution is -0.130. The Hall–Kier alpha value is -2.27. The Morgan fingerprint density at radius 2 is 2.00 bits per heavy atom. The number of hydrogen-bond acceptors (Lipinski definition) is 3. The zero-order chi connectivity index (χ0) is 16.7. The molecule has 0 saturated carbocycles. The van der Waals surface area contributed by atoms with Gasteiger partial charge in [-0.15, -0.1) is 0 Å². The van der Waals surface area contributed by atoms with Crippen molar-refractivity contribution in [3.63, 3.8) is 0 Å². The normalized spacial score (nSPS) is 10.3. The van der Waals surface area contributed by atoms with Crippen LogP contribution >= 0.6 is 11.6 Å². The van der Waals surface area contributed by atoms with Crippen molar-refractivity contribution in [1.29, 1.82) is 0 Å². The Labute approximate surface area is 140 Å². The van der Waals surface area contributed by atoms with Crippen LogP contribution in [0.2, 0.25) is 5.02 Å². The highest BCUT2D eigenvalue weighted by molar-refractivity contribution is 6.31. The van der Waals surface area contributed by atoms with Gasteiger partial charge >= 0.3 is 0 Å². The molecular weight excluding hydrogens is 316 g/mol. The molecule has 1 N–H and O–H groups in total. The van der Waals surface area contributed by atoms with Gasteiger partial charge in [0.1, 0.15) is 5.76 Å². The van der Waals surface area contributed by atoms with E-state index in [2.05, 4.69) is 5.32 Å². The smallest absolute Gasteiger partial charge is 0.222 e. The van der Waals surface area contributed by atoms with Gasteiger partial charge in [0.2, 0.25) is 11.8 Å². The van der Waals surface area contributed by atoms with Crippen LogP contribution in [0, 0.1) is 0 Å². The minimum atomic E-state index is -0.133. The summed E-state index contributed by atoms with van der Waals surface area (Å²) in [6.07, 6.45) is 1.79. The molecule has 0 fully saturated rings. The molecule has 2 amide bonds. The van der Waals surface area contributed by atoms with Gasteiger partial charge in [-0.2, -0.15) is 0 Å². The van der Waals surface area contributed by atoms with Crippen LogP contribution < -0.4 is 5.32 Å². The third kappa shape index (κ3) is 5.45. The Morgan fingerprint density at radius 3 is 2.65 bits per heavy atom. The van der Waals surface area contributed by atoms with Gasteiger partial charge in [0, 0.05) is 31.5 Å². The Bertz CT molecular complexity index is 656. The van der Waals surface area contributed by atoms with Crippen LogP contribution in [0.3, 0.4) is 0 Å². The van der Waals surface area contributed by atoms with Gasteiger partial charge in [0.15, 0.2) is 0 Å².